The fraction of sp³-hybridized carbons (Fsp3) is 0.895. The number of hydrogen-bond donors (Lipinski definition) is 0. The SMILES string of the molecule is CCCC1(CCC)CC2(CCN(C(=O)OC(C)(C)C)CC2)OC1=O. The molecular formula is C19H33NO4. The molecule has 0 atom stereocenters. The molecule has 0 aliphatic carbocycles. The Morgan fingerprint density at radius 3 is 2.17 bits per heavy atom. The van der Waals surface area contributed by atoms with Gasteiger partial charge >= 0.3 is 12.1 Å². The Kier molecular flexibility index (Phi) is 5.50. The Morgan fingerprint density at radius 1 is 1.17 bits per heavy atom. The zero-order valence-electron chi connectivity index (χ0n) is 15.9. The van der Waals surface area contributed by atoms with Crippen molar-refractivity contribution in [3.05, 3.63) is 0 Å². The topological polar surface area (TPSA) is 55.8 Å². The molecule has 2 aliphatic rings. The molecule has 138 valence electrons. The first-order valence-corrected chi connectivity index (χ1v) is 9.37. The highest BCUT2D eigenvalue weighted by Gasteiger charge is 2.56. The van der Waals surface area contributed by atoms with E-state index in [4.69, 9.17) is 9.47 Å². The summed E-state index contributed by atoms with van der Waals surface area (Å²) in [6, 6.07) is 0. The highest BCUT2D eigenvalue weighted by Crippen LogP contribution is 2.50. The van der Waals surface area contributed by atoms with E-state index in [0.717, 1.165) is 32.1 Å². The van der Waals surface area contributed by atoms with E-state index < -0.39 is 5.60 Å². The second kappa shape index (κ2) is 6.93. The van der Waals surface area contributed by atoms with Gasteiger partial charge in [0.25, 0.3) is 0 Å². The zero-order chi connectivity index (χ0) is 18.0. The molecule has 0 aromatic heterocycles. The summed E-state index contributed by atoms with van der Waals surface area (Å²) < 4.78 is 11.4. The minimum atomic E-state index is -0.483. The average Bonchev–Trinajstić information content (AvgIpc) is 2.71. The standard InChI is InChI=1S/C19H33NO4/c1-6-8-18(9-7-2)14-19(23-15(18)21)10-12-20(13-11-19)16(22)24-17(3,4)5/h6-14H2,1-5H3. The van der Waals surface area contributed by atoms with E-state index >= 15 is 0 Å². The molecule has 2 aliphatic heterocycles. The third kappa shape index (κ3) is 4.04. The van der Waals surface area contributed by atoms with E-state index in [0.29, 0.717) is 25.9 Å². The molecule has 5 nitrogen and oxygen atoms in total. The number of esters is 1. The molecule has 0 N–H and O–H groups in total. The number of hydrogen-bond acceptors (Lipinski definition) is 4. The Balaban J connectivity index is 2.00. The summed E-state index contributed by atoms with van der Waals surface area (Å²) in [5.41, 5.74) is -1.17. The third-order valence-electron chi connectivity index (χ3n) is 5.19. The number of carbonyl (C=O) groups excluding carboxylic acids is 2. The summed E-state index contributed by atoms with van der Waals surface area (Å²) in [6.45, 7) is 11.1. The van der Waals surface area contributed by atoms with Gasteiger partial charge in [-0.25, -0.2) is 4.79 Å². The van der Waals surface area contributed by atoms with Crippen molar-refractivity contribution < 1.29 is 19.1 Å². The molecule has 24 heavy (non-hydrogen) atoms. The highest BCUT2D eigenvalue weighted by molar-refractivity contribution is 5.80. The fourth-order valence-corrected chi connectivity index (χ4v) is 4.19. The van der Waals surface area contributed by atoms with Gasteiger partial charge in [-0.1, -0.05) is 26.7 Å². The number of likely N-dealkylation sites (tertiary alicyclic amines) is 1. The minimum Gasteiger partial charge on any atom is -0.458 e. The third-order valence-corrected chi connectivity index (χ3v) is 5.19. The minimum absolute atomic E-state index is 0.0167. The molecule has 0 saturated carbocycles. The summed E-state index contributed by atoms with van der Waals surface area (Å²) in [7, 11) is 0. The van der Waals surface area contributed by atoms with Crippen LogP contribution in [0.15, 0.2) is 0 Å². The van der Waals surface area contributed by atoms with Crippen molar-refractivity contribution in [2.24, 2.45) is 5.41 Å². The van der Waals surface area contributed by atoms with Gasteiger partial charge in [0, 0.05) is 32.4 Å². The summed E-state index contributed by atoms with van der Waals surface area (Å²) in [5, 5.41) is 0. The maximum Gasteiger partial charge on any atom is 0.410 e. The molecule has 2 heterocycles. The van der Waals surface area contributed by atoms with Gasteiger partial charge in [-0.3, -0.25) is 4.79 Å². The predicted octanol–water partition coefficient (Wildman–Crippen LogP) is 4.29. The molecule has 0 aromatic carbocycles. The van der Waals surface area contributed by atoms with Crippen molar-refractivity contribution in [3.63, 3.8) is 0 Å². The molecule has 5 heteroatoms. The Hall–Kier alpha value is -1.26. The van der Waals surface area contributed by atoms with E-state index in [-0.39, 0.29) is 23.1 Å². The quantitative estimate of drug-likeness (QED) is 0.717. The van der Waals surface area contributed by atoms with Gasteiger partial charge in [-0.15, -0.1) is 0 Å². The molecule has 0 bridgehead atoms. The van der Waals surface area contributed by atoms with Crippen LogP contribution in [-0.2, 0) is 14.3 Å². The van der Waals surface area contributed by atoms with Gasteiger partial charge in [-0.05, 0) is 33.6 Å². The van der Waals surface area contributed by atoms with Crippen LogP contribution in [0.2, 0.25) is 0 Å². The second-order valence-corrected chi connectivity index (χ2v) is 8.50. The monoisotopic (exact) mass is 339 g/mol. The molecule has 0 aromatic rings. The summed E-state index contributed by atoms with van der Waals surface area (Å²) in [5.74, 6) is -0.0167. The highest BCUT2D eigenvalue weighted by atomic mass is 16.6. The Bertz CT molecular complexity index is 466. The predicted molar refractivity (Wildman–Crippen MR) is 92.7 cm³/mol. The van der Waals surface area contributed by atoms with Crippen molar-refractivity contribution >= 4 is 12.1 Å². The van der Waals surface area contributed by atoms with E-state index in [1.54, 1.807) is 4.90 Å². The van der Waals surface area contributed by atoms with E-state index in [2.05, 4.69) is 13.8 Å². The van der Waals surface area contributed by atoms with Gasteiger partial charge in [0.05, 0.1) is 5.41 Å². The van der Waals surface area contributed by atoms with E-state index in [9.17, 15) is 9.59 Å². The van der Waals surface area contributed by atoms with Crippen LogP contribution in [0.25, 0.3) is 0 Å². The smallest absolute Gasteiger partial charge is 0.410 e. The molecule has 2 fully saturated rings. The van der Waals surface area contributed by atoms with Gasteiger partial charge in [0.15, 0.2) is 0 Å². The Morgan fingerprint density at radius 2 is 1.71 bits per heavy atom. The fourth-order valence-electron chi connectivity index (χ4n) is 4.19. The van der Waals surface area contributed by atoms with Gasteiger partial charge < -0.3 is 14.4 Å². The van der Waals surface area contributed by atoms with Crippen LogP contribution in [0.1, 0.15) is 79.6 Å². The summed E-state index contributed by atoms with van der Waals surface area (Å²) in [6.07, 6.45) is 5.76. The molecule has 0 unspecified atom stereocenters. The van der Waals surface area contributed by atoms with Crippen LogP contribution >= 0.6 is 0 Å². The van der Waals surface area contributed by atoms with Gasteiger partial charge in [0.1, 0.15) is 11.2 Å². The van der Waals surface area contributed by atoms with Crippen LogP contribution in [0, 0.1) is 5.41 Å². The van der Waals surface area contributed by atoms with Crippen LogP contribution in [0.3, 0.4) is 0 Å². The lowest BCUT2D eigenvalue weighted by atomic mass is 9.72. The number of nitrogens with zero attached hydrogens (tertiary/aromatic N) is 1. The van der Waals surface area contributed by atoms with E-state index in [1.165, 1.54) is 0 Å². The second-order valence-electron chi connectivity index (χ2n) is 8.50. The molecular weight excluding hydrogens is 306 g/mol. The van der Waals surface area contributed by atoms with Crippen molar-refractivity contribution in [2.75, 3.05) is 13.1 Å². The lowest BCUT2D eigenvalue weighted by Crippen LogP contribution is -2.48. The normalized spacial score (nSPS) is 22.5. The lowest BCUT2D eigenvalue weighted by Gasteiger charge is -2.39. The maximum absolute atomic E-state index is 12.6. The van der Waals surface area contributed by atoms with Crippen LogP contribution in [-0.4, -0.2) is 41.3 Å². The molecule has 1 amide bonds. The molecule has 1 spiro atoms. The average molecular weight is 339 g/mol. The largest absolute Gasteiger partial charge is 0.458 e. The number of amides is 1. The summed E-state index contributed by atoms with van der Waals surface area (Å²) >= 11 is 0. The number of carbonyl (C=O) groups is 2. The Labute approximate surface area is 146 Å². The number of ether oxygens (including phenoxy) is 2. The van der Waals surface area contributed by atoms with Crippen molar-refractivity contribution in [3.8, 4) is 0 Å². The van der Waals surface area contributed by atoms with Crippen LogP contribution in [0.5, 0.6) is 0 Å². The maximum atomic E-state index is 12.6. The van der Waals surface area contributed by atoms with Crippen molar-refractivity contribution in [1.82, 2.24) is 4.90 Å². The van der Waals surface area contributed by atoms with Gasteiger partial charge in [0.2, 0.25) is 0 Å². The first kappa shape index (κ1) is 19.1. The van der Waals surface area contributed by atoms with Crippen LogP contribution in [0.4, 0.5) is 4.79 Å². The van der Waals surface area contributed by atoms with E-state index in [1.807, 2.05) is 20.8 Å². The first-order chi connectivity index (χ1) is 11.2. The first-order valence-electron chi connectivity index (χ1n) is 9.37. The van der Waals surface area contributed by atoms with Crippen LogP contribution < -0.4 is 0 Å². The lowest BCUT2D eigenvalue weighted by molar-refractivity contribution is -0.157. The zero-order valence-corrected chi connectivity index (χ0v) is 15.9. The van der Waals surface area contributed by atoms with Crippen molar-refractivity contribution in [2.45, 2.75) is 90.8 Å². The van der Waals surface area contributed by atoms with Gasteiger partial charge in [-0.2, -0.15) is 0 Å². The molecule has 2 saturated heterocycles. The summed E-state index contributed by atoms with van der Waals surface area (Å²) in [4.78, 5) is 26.6. The molecule has 2 rings (SSSR count). The number of piperidine rings is 1. The van der Waals surface area contributed by atoms with Crippen molar-refractivity contribution in [1.29, 1.82) is 0 Å². The number of rotatable bonds is 4. The molecule has 0 radical (unpaired) electrons.